The summed E-state index contributed by atoms with van der Waals surface area (Å²) in [4.78, 5) is 0. The van der Waals surface area contributed by atoms with E-state index in [-0.39, 0.29) is 34.1 Å². The molecule has 0 spiro atoms. The maximum absolute atomic E-state index is 9.74. The zero-order valence-electron chi connectivity index (χ0n) is 8.68. The summed E-state index contributed by atoms with van der Waals surface area (Å²) < 4.78 is 0. The molecule has 0 saturated carbocycles. The molecule has 2 rings (SSSR count). The van der Waals surface area contributed by atoms with Gasteiger partial charge in [-0.2, -0.15) is 0 Å². The number of aromatic hydroxyl groups is 3. The van der Waals surface area contributed by atoms with Gasteiger partial charge in [0.2, 0.25) is 0 Å². The second-order valence-electron chi connectivity index (χ2n) is 3.55. The maximum atomic E-state index is 9.74. The summed E-state index contributed by atoms with van der Waals surface area (Å²) in [5.41, 5.74) is 6.08. The first-order chi connectivity index (χ1) is 8.00. The Bertz CT molecular complexity index is 584. The average Bonchev–Trinajstić information content (AvgIpc) is 2.29. The van der Waals surface area contributed by atoms with Crippen LogP contribution in [0.4, 0.5) is 5.69 Å². The lowest BCUT2D eigenvalue weighted by Gasteiger charge is -2.11. The number of phenolic OH excluding ortho intramolecular Hbond substituents is 3. The van der Waals surface area contributed by atoms with Crippen LogP contribution in [0.15, 0.2) is 30.3 Å². The van der Waals surface area contributed by atoms with E-state index in [0.29, 0.717) is 5.02 Å². The van der Waals surface area contributed by atoms with Crippen molar-refractivity contribution in [2.24, 2.45) is 0 Å². The van der Waals surface area contributed by atoms with E-state index in [0.717, 1.165) is 0 Å². The third-order valence-corrected chi connectivity index (χ3v) is 2.66. The molecule has 0 radical (unpaired) electrons. The largest absolute Gasteiger partial charge is 0.507 e. The molecular formula is C12H10ClNO3. The lowest BCUT2D eigenvalue weighted by atomic mass is 10.0. The van der Waals surface area contributed by atoms with Crippen LogP contribution >= 0.6 is 11.6 Å². The molecule has 5 heteroatoms. The number of anilines is 1. The highest BCUT2D eigenvalue weighted by atomic mass is 35.5. The Kier molecular flexibility index (Phi) is 2.73. The molecule has 0 unspecified atom stereocenters. The van der Waals surface area contributed by atoms with E-state index in [1.165, 1.54) is 30.3 Å². The fourth-order valence-corrected chi connectivity index (χ4v) is 1.76. The van der Waals surface area contributed by atoms with Gasteiger partial charge in [0, 0.05) is 10.6 Å². The molecule has 0 aliphatic carbocycles. The predicted molar refractivity (Wildman–Crippen MR) is 66.3 cm³/mol. The Morgan fingerprint density at radius 1 is 0.882 bits per heavy atom. The third-order valence-electron chi connectivity index (χ3n) is 2.43. The Morgan fingerprint density at radius 3 is 2.18 bits per heavy atom. The minimum atomic E-state index is -0.169. The lowest BCUT2D eigenvalue weighted by Crippen LogP contribution is -1.92. The van der Waals surface area contributed by atoms with Crippen LogP contribution in [0.25, 0.3) is 11.1 Å². The fraction of sp³-hybridized carbons (Fsp3) is 0. The van der Waals surface area contributed by atoms with Crippen LogP contribution in [0.2, 0.25) is 5.02 Å². The number of halogens is 1. The molecule has 0 atom stereocenters. The second kappa shape index (κ2) is 4.07. The monoisotopic (exact) mass is 251 g/mol. The van der Waals surface area contributed by atoms with Gasteiger partial charge in [-0.05, 0) is 30.3 Å². The fourth-order valence-electron chi connectivity index (χ4n) is 1.59. The number of hydrogen-bond acceptors (Lipinski definition) is 4. The van der Waals surface area contributed by atoms with E-state index in [4.69, 9.17) is 17.3 Å². The molecule has 0 amide bonds. The van der Waals surface area contributed by atoms with Gasteiger partial charge in [-0.25, -0.2) is 0 Å². The summed E-state index contributed by atoms with van der Waals surface area (Å²) in [5, 5.41) is 29.3. The summed E-state index contributed by atoms with van der Waals surface area (Å²) in [6.45, 7) is 0. The van der Waals surface area contributed by atoms with Crippen molar-refractivity contribution in [1.82, 2.24) is 0 Å². The molecule has 5 N–H and O–H groups in total. The first kappa shape index (κ1) is 11.4. The van der Waals surface area contributed by atoms with E-state index >= 15 is 0 Å². The van der Waals surface area contributed by atoms with Gasteiger partial charge in [0.15, 0.2) is 0 Å². The quantitative estimate of drug-likeness (QED) is 0.357. The molecule has 4 nitrogen and oxygen atoms in total. The van der Waals surface area contributed by atoms with Gasteiger partial charge in [0.25, 0.3) is 0 Å². The van der Waals surface area contributed by atoms with Crippen molar-refractivity contribution in [3.8, 4) is 28.4 Å². The molecule has 17 heavy (non-hydrogen) atoms. The van der Waals surface area contributed by atoms with Crippen molar-refractivity contribution in [3.05, 3.63) is 35.4 Å². The smallest absolute Gasteiger partial charge is 0.139 e. The van der Waals surface area contributed by atoms with Crippen molar-refractivity contribution < 1.29 is 15.3 Å². The summed E-state index contributed by atoms with van der Waals surface area (Å²) >= 11 is 5.82. The van der Waals surface area contributed by atoms with E-state index in [1.54, 1.807) is 0 Å². The van der Waals surface area contributed by atoms with E-state index in [2.05, 4.69) is 0 Å². The Balaban J connectivity index is 2.76. The molecule has 0 bridgehead atoms. The van der Waals surface area contributed by atoms with Gasteiger partial charge in [-0.3, -0.25) is 0 Å². The SMILES string of the molecule is Nc1c(O)ccc(O)c1-c1cc(Cl)ccc1O. The van der Waals surface area contributed by atoms with Crippen molar-refractivity contribution in [2.75, 3.05) is 5.73 Å². The van der Waals surface area contributed by atoms with Crippen LogP contribution < -0.4 is 5.73 Å². The highest BCUT2D eigenvalue weighted by Gasteiger charge is 2.15. The summed E-state index contributed by atoms with van der Waals surface area (Å²) in [6, 6.07) is 6.93. The molecule has 0 aliphatic heterocycles. The molecule has 0 fully saturated rings. The lowest BCUT2D eigenvalue weighted by molar-refractivity contribution is 0.461. The number of nitrogen functional groups attached to an aromatic ring is 1. The summed E-state index contributed by atoms with van der Waals surface area (Å²) in [5.74, 6) is -0.392. The number of rotatable bonds is 1. The zero-order valence-corrected chi connectivity index (χ0v) is 9.44. The minimum Gasteiger partial charge on any atom is -0.507 e. The van der Waals surface area contributed by atoms with Crippen LogP contribution in [0, 0.1) is 0 Å². The first-order valence-corrected chi connectivity index (χ1v) is 5.18. The van der Waals surface area contributed by atoms with Gasteiger partial charge in [0.05, 0.1) is 11.3 Å². The van der Waals surface area contributed by atoms with Crippen LogP contribution in [0.3, 0.4) is 0 Å². The predicted octanol–water partition coefficient (Wildman–Crippen LogP) is 2.71. The standard InChI is InChI=1S/C12H10ClNO3/c13-6-1-2-8(15)7(5-6)11-9(16)3-4-10(17)12(11)14/h1-5,15-17H,14H2. The normalized spacial score (nSPS) is 10.4. The van der Waals surface area contributed by atoms with Crippen molar-refractivity contribution >= 4 is 17.3 Å². The zero-order chi connectivity index (χ0) is 12.6. The van der Waals surface area contributed by atoms with Crippen molar-refractivity contribution in [2.45, 2.75) is 0 Å². The Morgan fingerprint density at radius 2 is 1.47 bits per heavy atom. The molecule has 0 saturated heterocycles. The third kappa shape index (κ3) is 1.94. The summed E-state index contributed by atoms with van der Waals surface area (Å²) in [7, 11) is 0. The Hall–Kier alpha value is -2.07. The van der Waals surface area contributed by atoms with Crippen LogP contribution in [-0.4, -0.2) is 15.3 Å². The Labute approximate surface area is 103 Å². The van der Waals surface area contributed by atoms with Crippen molar-refractivity contribution in [3.63, 3.8) is 0 Å². The molecule has 2 aromatic carbocycles. The molecular weight excluding hydrogens is 242 g/mol. The van der Waals surface area contributed by atoms with Crippen LogP contribution in [-0.2, 0) is 0 Å². The number of phenols is 3. The topological polar surface area (TPSA) is 86.7 Å². The van der Waals surface area contributed by atoms with Gasteiger partial charge >= 0.3 is 0 Å². The van der Waals surface area contributed by atoms with E-state index < -0.39 is 0 Å². The van der Waals surface area contributed by atoms with E-state index in [9.17, 15) is 15.3 Å². The van der Waals surface area contributed by atoms with Crippen molar-refractivity contribution in [1.29, 1.82) is 0 Å². The number of benzene rings is 2. The molecule has 88 valence electrons. The van der Waals surface area contributed by atoms with E-state index in [1.807, 2.05) is 0 Å². The van der Waals surface area contributed by atoms with Gasteiger partial charge in [-0.15, -0.1) is 0 Å². The number of nitrogens with two attached hydrogens (primary N) is 1. The van der Waals surface area contributed by atoms with Gasteiger partial charge < -0.3 is 21.1 Å². The molecule has 0 aliphatic rings. The maximum Gasteiger partial charge on any atom is 0.139 e. The van der Waals surface area contributed by atoms with Gasteiger partial charge in [0.1, 0.15) is 17.2 Å². The molecule has 0 heterocycles. The highest BCUT2D eigenvalue weighted by Crippen LogP contribution is 2.43. The highest BCUT2D eigenvalue weighted by molar-refractivity contribution is 6.31. The molecule has 0 aromatic heterocycles. The number of hydrogen-bond donors (Lipinski definition) is 4. The second-order valence-corrected chi connectivity index (χ2v) is 3.99. The average molecular weight is 252 g/mol. The van der Waals surface area contributed by atoms with Gasteiger partial charge in [-0.1, -0.05) is 11.6 Å². The minimum absolute atomic E-state index is 0.0115. The summed E-state index contributed by atoms with van der Waals surface area (Å²) in [6.07, 6.45) is 0. The first-order valence-electron chi connectivity index (χ1n) is 4.80. The van der Waals surface area contributed by atoms with Crippen LogP contribution in [0.1, 0.15) is 0 Å². The van der Waals surface area contributed by atoms with Crippen LogP contribution in [0.5, 0.6) is 17.2 Å². The molecule has 2 aromatic rings.